The highest BCUT2D eigenvalue weighted by Gasteiger charge is 2.26. The van der Waals surface area contributed by atoms with Crippen molar-refractivity contribution >= 4 is 11.7 Å². The molecule has 0 aromatic carbocycles. The van der Waals surface area contributed by atoms with Crippen LogP contribution < -0.4 is 5.32 Å². The Kier molecular flexibility index (Phi) is 6.03. The predicted octanol–water partition coefficient (Wildman–Crippen LogP) is -0.981. The third-order valence-corrected chi connectivity index (χ3v) is 1.98. The van der Waals surface area contributed by atoms with Crippen molar-refractivity contribution in [3.63, 3.8) is 0 Å². The lowest BCUT2D eigenvalue weighted by Gasteiger charge is -2.20. The van der Waals surface area contributed by atoms with Crippen LogP contribution in [0.3, 0.4) is 0 Å². The lowest BCUT2D eigenvalue weighted by molar-refractivity contribution is -0.133. The Bertz CT molecular complexity index is 232. The van der Waals surface area contributed by atoms with Gasteiger partial charge in [-0.1, -0.05) is 6.92 Å². The number of carbonyl (C=O) groups is 2. The van der Waals surface area contributed by atoms with Crippen LogP contribution in [0, 0.1) is 5.92 Å². The summed E-state index contributed by atoms with van der Waals surface area (Å²) in [4.78, 5) is 22.2. The van der Waals surface area contributed by atoms with Crippen molar-refractivity contribution in [3.8, 4) is 0 Å². The van der Waals surface area contributed by atoms with Gasteiger partial charge in [0.1, 0.15) is 12.7 Å². The van der Waals surface area contributed by atoms with E-state index in [-0.39, 0.29) is 6.61 Å². The molecule has 0 aromatic rings. The topological polar surface area (TPSA) is 86.6 Å². The van der Waals surface area contributed by atoms with Crippen molar-refractivity contribution < 1.29 is 24.2 Å². The maximum atomic E-state index is 12.1. The van der Waals surface area contributed by atoms with Crippen molar-refractivity contribution in [2.75, 3.05) is 13.3 Å². The molecule has 3 unspecified atom stereocenters. The van der Waals surface area contributed by atoms with Crippen LogP contribution in [0.1, 0.15) is 13.8 Å². The molecule has 3 N–H and O–H groups in total. The molecule has 0 aromatic heterocycles. The van der Waals surface area contributed by atoms with E-state index in [9.17, 15) is 14.0 Å². The summed E-state index contributed by atoms with van der Waals surface area (Å²) < 4.78 is 12.1. The molecule has 3 atom stereocenters. The van der Waals surface area contributed by atoms with Gasteiger partial charge in [0.15, 0.2) is 5.78 Å². The summed E-state index contributed by atoms with van der Waals surface area (Å²) in [5, 5.41) is 20.0. The van der Waals surface area contributed by atoms with Crippen LogP contribution in [0.25, 0.3) is 0 Å². The average Bonchev–Trinajstić information content (AvgIpc) is 2.22. The van der Waals surface area contributed by atoms with Gasteiger partial charge in [-0.05, 0) is 6.92 Å². The number of hydrogen-bond acceptors (Lipinski definition) is 4. The quantitative estimate of drug-likeness (QED) is 0.538. The first kappa shape index (κ1) is 14.0. The monoisotopic (exact) mass is 221 g/mol. The van der Waals surface area contributed by atoms with Crippen molar-refractivity contribution in [3.05, 3.63) is 0 Å². The van der Waals surface area contributed by atoms with Crippen LogP contribution in [0.2, 0.25) is 0 Å². The second-order valence-corrected chi connectivity index (χ2v) is 3.41. The largest absolute Gasteiger partial charge is 0.396 e. The van der Waals surface area contributed by atoms with E-state index in [4.69, 9.17) is 10.2 Å². The smallest absolute Gasteiger partial charge is 0.225 e. The molecular weight excluding hydrogens is 205 g/mol. The average molecular weight is 221 g/mol. The minimum atomic E-state index is -1.25. The van der Waals surface area contributed by atoms with Gasteiger partial charge in [0.2, 0.25) is 5.91 Å². The third kappa shape index (κ3) is 4.35. The highest BCUT2D eigenvalue weighted by Crippen LogP contribution is 1.99. The molecule has 0 aliphatic rings. The summed E-state index contributed by atoms with van der Waals surface area (Å²) in [7, 11) is 0. The van der Waals surface area contributed by atoms with E-state index in [2.05, 4.69) is 5.32 Å². The Morgan fingerprint density at radius 3 is 2.27 bits per heavy atom. The van der Waals surface area contributed by atoms with Crippen molar-refractivity contribution in [1.82, 2.24) is 5.32 Å². The second kappa shape index (κ2) is 6.47. The number of carbonyl (C=O) groups excluding carboxylic acids is 2. The molecule has 1 amide bonds. The fourth-order valence-electron chi connectivity index (χ4n) is 0.932. The van der Waals surface area contributed by atoms with Gasteiger partial charge in [-0.2, -0.15) is 0 Å². The molecule has 0 bridgehead atoms. The van der Waals surface area contributed by atoms with Gasteiger partial charge in [0.25, 0.3) is 0 Å². The fourth-order valence-corrected chi connectivity index (χ4v) is 0.932. The summed E-state index contributed by atoms with van der Waals surface area (Å²) in [5.74, 6) is -2.17. The fraction of sp³-hybridized carbons (Fsp3) is 0.778. The van der Waals surface area contributed by atoms with Crippen LogP contribution in [0.15, 0.2) is 0 Å². The Balaban J connectivity index is 4.42. The maximum absolute atomic E-state index is 12.1. The van der Waals surface area contributed by atoms with E-state index < -0.39 is 36.4 Å². The molecule has 0 fully saturated rings. The van der Waals surface area contributed by atoms with E-state index in [1.807, 2.05) is 0 Å². The van der Waals surface area contributed by atoms with Gasteiger partial charge in [0, 0.05) is 0 Å². The van der Waals surface area contributed by atoms with Gasteiger partial charge in [-0.3, -0.25) is 9.59 Å². The first-order valence-corrected chi connectivity index (χ1v) is 4.62. The van der Waals surface area contributed by atoms with Gasteiger partial charge in [-0.25, -0.2) is 4.39 Å². The Labute approximate surface area is 87.3 Å². The molecule has 0 aliphatic carbocycles. The van der Waals surface area contributed by atoms with Gasteiger partial charge >= 0.3 is 0 Å². The minimum Gasteiger partial charge on any atom is -0.396 e. The lowest BCUT2D eigenvalue weighted by Crippen LogP contribution is -2.50. The number of alkyl halides is 1. The zero-order chi connectivity index (χ0) is 12.0. The highest BCUT2D eigenvalue weighted by molar-refractivity contribution is 5.90. The third-order valence-electron chi connectivity index (χ3n) is 1.98. The number of hydrogen-bond donors (Lipinski definition) is 3. The number of rotatable bonds is 6. The molecule has 0 radical (unpaired) electrons. The molecule has 15 heavy (non-hydrogen) atoms. The van der Waals surface area contributed by atoms with Crippen LogP contribution >= 0.6 is 0 Å². The predicted molar refractivity (Wildman–Crippen MR) is 50.8 cm³/mol. The lowest BCUT2D eigenvalue weighted by atomic mass is 10.1. The molecule has 0 rings (SSSR count). The molecule has 88 valence electrons. The second-order valence-electron chi connectivity index (χ2n) is 3.41. The number of Topliss-reactive ketones (excluding diaryl/α,β-unsaturated/α-hetero) is 1. The number of nitrogens with one attached hydrogen (secondary N) is 1. The Hall–Kier alpha value is -1.01. The molecule has 6 heteroatoms. The normalized spacial score (nSPS) is 16.6. The number of halogens is 1. The number of ketones is 1. The van der Waals surface area contributed by atoms with Crippen LogP contribution in [0.5, 0.6) is 0 Å². The van der Waals surface area contributed by atoms with E-state index in [0.717, 1.165) is 0 Å². The number of amides is 1. The van der Waals surface area contributed by atoms with Crippen LogP contribution in [-0.4, -0.2) is 47.3 Å². The number of aliphatic hydroxyl groups excluding tert-OH is 2. The van der Waals surface area contributed by atoms with E-state index in [1.54, 1.807) is 0 Å². The Morgan fingerprint density at radius 1 is 1.40 bits per heavy atom. The van der Waals surface area contributed by atoms with E-state index >= 15 is 0 Å². The summed E-state index contributed by atoms with van der Waals surface area (Å²) in [6, 6.07) is -1.25. The van der Waals surface area contributed by atoms with Crippen molar-refractivity contribution in [1.29, 1.82) is 0 Å². The summed E-state index contributed by atoms with van der Waals surface area (Å²) in [5.41, 5.74) is 0. The molecule has 0 saturated carbocycles. The Morgan fingerprint density at radius 2 is 1.93 bits per heavy atom. The molecule has 0 aliphatic heterocycles. The molecule has 0 saturated heterocycles. The first-order chi connectivity index (χ1) is 6.93. The SMILES string of the molecule is CC(CO)C(=O)NC(C(=O)CF)C(C)O. The molecule has 0 heterocycles. The standard InChI is InChI=1S/C9H16FNO4/c1-5(4-12)9(15)11-8(6(2)13)7(14)3-10/h5-6,8,12-13H,3-4H2,1-2H3,(H,11,15). The molecule has 5 nitrogen and oxygen atoms in total. The summed E-state index contributed by atoms with van der Waals surface area (Å²) >= 11 is 0. The number of aliphatic hydroxyl groups is 2. The summed E-state index contributed by atoms with van der Waals surface area (Å²) in [6.07, 6.45) is -1.16. The van der Waals surface area contributed by atoms with Gasteiger partial charge < -0.3 is 15.5 Å². The zero-order valence-corrected chi connectivity index (χ0v) is 8.74. The zero-order valence-electron chi connectivity index (χ0n) is 8.74. The highest BCUT2D eigenvalue weighted by atomic mass is 19.1. The van der Waals surface area contributed by atoms with Gasteiger partial charge in [-0.15, -0.1) is 0 Å². The molecule has 0 spiro atoms. The molecular formula is C9H16FNO4. The van der Waals surface area contributed by atoms with Gasteiger partial charge in [0.05, 0.1) is 18.6 Å². The minimum absolute atomic E-state index is 0.373. The van der Waals surface area contributed by atoms with Crippen molar-refractivity contribution in [2.24, 2.45) is 5.92 Å². The van der Waals surface area contributed by atoms with Crippen LogP contribution in [0.4, 0.5) is 4.39 Å². The van der Waals surface area contributed by atoms with E-state index in [1.165, 1.54) is 13.8 Å². The van der Waals surface area contributed by atoms with E-state index in [0.29, 0.717) is 0 Å². The summed E-state index contributed by atoms with van der Waals surface area (Å²) in [6.45, 7) is 1.11. The maximum Gasteiger partial charge on any atom is 0.225 e. The van der Waals surface area contributed by atoms with Crippen molar-refractivity contribution in [2.45, 2.75) is 26.0 Å². The van der Waals surface area contributed by atoms with Crippen LogP contribution in [-0.2, 0) is 9.59 Å². The first-order valence-electron chi connectivity index (χ1n) is 4.62.